The summed E-state index contributed by atoms with van der Waals surface area (Å²) in [7, 11) is 0. The van der Waals surface area contributed by atoms with E-state index < -0.39 is 0 Å². The minimum Gasteiger partial charge on any atom is -0.253 e. The van der Waals surface area contributed by atoms with E-state index in [2.05, 4.69) is 20.3 Å². The number of rotatable bonds is 4. The Morgan fingerprint density at radius 2 is 1.91 bits per heavy atom. The molecule has 2 aromatic heterocycles. The highest BCUT2D eigenvalue weighted by molar-refractivity contribution is 7.71. The van der Waals surface area contributed by atoms with Crippen molar-refractivity contribution in [1.82, 2.24) is 19.9 Å². The first kappa shape index (κ1) is 14.1. The minimum atomic E-state index is 0.421. The molecule has 0 unspecified atom stereocenters. The Kier molecular flexibility index (Phi) is 4.31. The molecule has 0 aliphatic heterocycles. The van der Waals surface area contributed by atoms with E-state index in [1.54, 1.807) is 17.1 Å². The van der Waals surface area contributed by atoms with E-state index in [0.29, 0.717) is 16.3 Å². The van der Waals surface area contributed by atoms with E-state index in [4.69, 9.17) is 12.2 Å². The molecular weight excluding hydrogens is 294 g/mol. The molecule has 0 saturated carbocycles. The van der Waals surface area contributed by atoms with E-state index in [-0.39, 0.29) is 0 Å². The molecule has 0 aliphatic rings. The van der Waals surface area contributed by atoms with E-state index in [9.17, 15) is 0 Å². The van der Waals surface area contributed by atoms with Gasteiger partial charge in [-0.15, -0.1) is 0 Å². The third kappa shape index (κ3) is 3.24. The molecule has 108 valence electrons. The molecule has 0 saturated heterocycles. The maximum Gasteiger partial charge on any atom is 0.216 e. The fourth-order valence-electron chi connectivity index (χ4n) is 1.88. The Morgan fingerprint density at radius 3 is 2.68 bits per heavy atom. The number of aromatic amines is 1. The largest absolute Gasteiger partial charge is 0.253 e. The quantitative estimate of drug-likeness (QED) is 0.592. The summed E-state index contributed by atoms with van der Waals surface area (Å²) in [5, 5.41) is 11.2. The van der Waals surface area contributed by atoms with Gasteiger partial charge in [0.2, 0.25) is 10.6 Å². The third-order valence-electron chi connectivity index (χ3n) is 2.90. The van der Waals surface area contributed by atoms with Crippen LogP contribution in [0.2, 0.25) is 0 Å². The van der Waals surface area contributed by atoms with Crippen molar-refractivity contribution in [2.45, 2.75) is 0 Å². The number of hydrogen-bond donors (Lipinski definition) is 1. The first-order valence-corrected chi connectivity index (χ1v) is 7.10. The molecule has 0 bridgehead atoms. The van der Waals surface area contributed by atoms with Gasteiger partial charge in [0, 0.05) is 12.4 Å². The van der Waals surface area contributed by atoms with E-state index in [1.807, 2.05) is 60.7 Å². The van der Waals surface area contributed by atoms with Crippen LogP contribution in [0.4, 0.5) is 0 Å². The summed E-state index contributed by atoms with van der Waals surface area (Å²) in [6.07, 6.45) is 7.20. The topological polar surface area (TPSA) is 58.9 Å². The van der Waals surface area contributed by atoms with Gasteiger partial charge in [-0.2, -0.15) is 14.9 Å². The van der Waals surface area contributed by atoms with Crippen LogP contribution in [0.5, 0.6) is 0 Å². The number of pyridine rings is 1. The standard InChI is InChI=1S/C16H13N5S/c22-16-20-19-15(14-10-4-5-11-17-14)21(16)18-12-6-9-13-7-2-1-3-8-13/h1-12H,(H,20,22). The van der Waals surface area contributed by atoms with Crippen molar-refractivity contribution in [1.29, 1.82) is 0 Å². The fraction of sp³-hybridized carbons (Fsp3) is 0. The summed E-state index contributed by atoms with van der Waals surface area (Å²) < 4.78 is 1.97. The van der Waals surface area contributed by atoms with Gasteiger partial charge in [0.05, 0.1) is 0 Å². The van der Waals surface area contributed by atoms with Gasteiger partial charge in [0.25, 0.3) is 0 Å². The Morgan fingerprint density at radius 1 is 1.09 bits per heavy atom. The molecule has 3 rings (SSSR count). The summed E-state index contributed by atoms with van der Waals surface area (Å²) >= 11 is 5.20. The molecule has 3 aromatic rings. The molecule has 6 heteroatoms. The van der Waals surface area contributed by atoms with Crippen LogP contribution in [0.1, 0.15) is 5.56 Å². The minimum absolute atomic E-state index is 0.421. The fourth-order valence-corrected chi connectivity index (χ4v) is 2.06. The summed E-state index contributed by atoms with van der Waals surface area (Å²) in [6, 6.07) is 15.6. The average Bonchev–Trinajstić information content (AvgIpc) is 2.94. The third-order valence-corrected chi connectivity index (χ3v) is 3.17. The number of hydrogen-bond acceptors (Lipinski definition) is 4. The molecule has 2 heterocycles. The second-order valence-corrected chi connectivity index (χ2v) is 4.80. The first-order valence-electron chi connectivity index (χ1n) is 6.69. The van der Waals surface area contributed by atoms with Crippen LogP contribution in [0.25, 0.3) is 17.6 Å². The molecule has 5 nitrogen and oxygen atoms in total. The van der Waals surface area contributed by atoms with Gasteiger partial charge in [-0.25, -0.2) is 5.10 Å². The van der Waals surface area contributed by atoms with Crippen molar-refractivity contribution < 1.29 is 0 Å². The highest BCUT2D eigenvalue weighted by Crippen LogP contribution is 2.13. The van der Waals surface area contributed by atoms with Crippen molar-refractivity contribution in [3.63, 3.8) is 0 Å². The van der Waals surface area contributed by atoms with Gasteiger partial charge in [-0.05, 0) is 36.0 Å². The number of H-pyrrole nitrogens is 1. The lowest BCUT2D eigenvalue weighted by atomic mass is 10.2. The number of nitrogens with one attached hydrogen (secondary N) is 1. The molecule has 0 spiro atoms. The van der Waals surface area contributed by atoms with Gasteiger partial charge in [-0.1, -0.05) is 42.5 Å². The molecule has 1 aromatic carbocycles. The smallest absolute Gasteiger partial charge is 0.216 e. The van der Waals surface area contributed by atoms with Gasteiger partial charge in [0.15, 0.2) is 0 Å². The molecule has 0 radical (unpaired) electrons. The molecule has 0 aliphatic carbocycles. The van der Waals surface area contributed by atoms with Crippen LogP contribution >= 0.6 is 12.2 Å². The normalized spacial score (nSPS) is 11.5. The highest BCUT2D eigenvalue weighted by Gasteiger charge is 2.07. The van der Waals surface area contributed by atoms with E-state index >= 15 is 0 Å². The lowest BCUT2D eigenvalue weighted by molar-refractivity contribution is 0.868. The number of benzene rings is 1. The Hall–Kier alpha value is -2.86. The average molecular weight is 307 g/mol. The van der Waals surface area contributed by atoms with Gasteiger partial charge < -0.3 is 0 Å². The van der Waals surface area contributed by atoms with Crippen LogP contribution in [-0.2, 0) is 0 Å². The van der Waals surface area contributed by atoms with Crippen molar-refractivity contribution in [2.75, 3.05) is 0 Å². The number of aromatic nitrogens is 4. The maximum absolute atomic E-state index is 5.20. The Balaban J connectivity index is 1.84. The SMILES string of the molecule is S=c1[nH]nc(-c2ccccn2)n1N=CC=Cc1ccccc1. The highest BCUT2D eigenvalue weighted by atomic mass is 32.1. The molecule has 0 fully saturated rings. The van der Waals surface area contributed by atoms with Crippen molar-refractivity contribution in [3.8, 4) is 11.5 Å². The van der Waals surface area contributed by atoms with Crippen LogP contribution in [0.3, 0.4) is 0 Å². The second-order valence-electron chi connectivity index (χ2n) is 4.41. The zero-order chi connectivity index (χ0) is 15.2. The zero-order valence-electron chi connectivity index (χ0n) is 11.6. The molecule has 0 atom stereocenters. The molecular formula is C16H13N5S. The lowest BCUT2D eigenvalue weighted by Gasteiger charge is -1.98. The predicted octanol–water partition coefficient (Wildman–Crippen LogP) is 3.55. The van der Waals surface area contributed by atoms with E-state index in [0.717, 1.165) is 5.56 Å². The van der Waals surface area contributed by atoms with E-state index in [1.165, 1.54) is 0 Å². The van der Waals surface area contributed by atoms with Crippen LogP contribution in [-0.4, -0.2) is 26.1 Å². The summed E-state index contributed by atoms with van der Waals surface area (Å²) in [6.45, 7) is 0. The lowest BCUT2D eigenvalue weighted by Crippen LogP contribution is -1.95. The van der Waals surface area contributed by atoms with Gasteiger partial charge in [0.1, 0.15) is 5.69 Å². The van der Waals surface area contributed by atoms with Gasteiger partial charge in [-0.3, -0.25) is 4.98 Å². The van der Waals surface area contributed by atoms with Crippen LogP contribution < -0.4 is 0 Å². The predicted molar refractivity (Wildman–Crippen MR) is 90.0 cm³/mol. The zero-order valence-corrected chi connectivity index (χ0v) is 12.4. The second kappa shape index (κ2) is 6.73. The monoisotopic (exact) mass is 307 g/mol. The molecule has 22 heavy (non-hydrogen) atoms. The number of nitrogens with zero attached hydrogens (tertiary/aromatic N) is 4. The summed E-state index contributed by atoms with van der Waals surface area (Å²) in [5.74, 6) is 0.579. The summed E-state index contributed by atoms with van der Waals surface area (Å²) in [4.78, 5) is 4.26. The van der Waals surface area contributed by atoms with Crippen molar-refractivity contribution in [2.24, 2.45) is 5.10 Å². The van der Waals surface area contributed by atoms with Crippen molar-refractivity contribution in [3.05, 3.63) is 71.1 Å². The number of allylic oxidation sites excluding steroid dienone is 1. The van der Waals surface area contributed by atoms with Crippen LogP contribution in [0, 0.1) is 4.77 Å². The molecule has 0 amide bonds. The summed E-state index contributed by atoms with van der Waals surface area (Å²) in [5.41, 5.74) is 1.81. The first-order chi connectivity index (χ1) is 10.8. The van der Waals surface area contributed by atoms with Gasteiger partial charge >= 0.3 is 0 Å². The Bertz CT molecular complexity index is 847. The maximum atomic E-state index is 5.20. The molecule has 1 N–H and O–H groups in total. The van der Waals surface area contributed by atoms with Crippen molar-refractivity contribution >= 4 is 24.5 Å². The van der Waals surface area contributed by atoms with Crippen LogP contribution in [0.15, 0.2) is 65.9 Å². The Labute approximate surface area is 132 Å².